The number of hydrogen-bond acceptors (Lipinski definition) is 4. The average Bonchev–Trinajstić information content (AvgIpc) is 3.33. The summed E-state index contributed by atoms with van der Waals surface area (Å²) in [5.74, 6) is -0.302. The molecule has 1 aromatic carbocycles. The Kier molecular flexibility index (Phi) is 4.38. The molecule has 4 rings (SSSR count). The number of nitrogens with one attached hydrogen (secondary N) is 1. The number of carbonyl (C=O) groups excluding carboxylic acids is 3. The Morgan fingerprint density at radius 2 is 2.00 bits per heavy atom. The van der Waals surface area contributed by atoms with Gasteiger partial charge in [0.15, 0.2) is 0 Å². The lowest BCUT2D eigenvalue weighted by molar-refractivity contribution is -0.139. The van der Waals surface area contributed by atoms with Crippen LogP contribution in [0.15, 0.2) is 24.3 Å². The third-order valence-corrected chi connectivity index (χ3v) is 6.62. The minimum Gasteiger partial charge on any atom is -0.324 e. The van der Waals surface area contributed by atoms with E-state index < -0.39 is 16.9 Å². The largest absolute Gasteiger partial charge is 0.325 e. The fourth-order valence-corrected chi connectivity index (χ4v) is 5.32. The highest BCUT2D eigenvalue weighted by Crippen LogP contribution is 2.39. The van der Waals surface area contributed by atoms with Crippen molar-refractivity contribution in [2.75, 3.05) is 18.8 Å². The van der Waals surface area contributed by atoms with Crippen LogP contribution in [0.5, 0.6) is 0 Å². The van der Waals surface area contributed by atoms with E-state index in [1.54, 1.807) is 23.1 Å². The molecule has 1 saturated carbocycles. The smallest absolute Gasteiger partial charge is 0.324 e. The molecule has 0 bridgehead atoms. The molecule has 0 unspecified atom stereocenters. The number of benzene rings is 1. The number of rotatable bonds is 3. The summed E-state index contributed by atoms with van der Waals surface area (Å²) in [5, 5.41) is 2.35. The predicted octanol–water partition coefficient (Wildman–Crippen LogP) is 2.26. The first-order valence-electron chi connectivity index (χ1n) is 8.81. The second kappa shape index (κ2) is 6.57. The van der Waals surface area contributed by atoms with Gasteiger partial charge in [0.2, 0.25) is 5.91 Å². The van der Waals surface area contributed by atoms with E-state index in [0.717, 1.165) is 17.7 Å². The maximum atomic E-state index is 14.1. The molecule has 6 nitrogen and oxygen atoms in total. The summed E-state index contributed by atoms with van der Waals surface area (Å²) >= 11 is 1.49. The summed E-state index contributed by atoms with van der Waals surface area (Å²) in [7, 11) is 0. The summed E-state index contributed by atoms with van der Waals surface area (Å²) in [5.41, 5.74) is -0.366. The van der Waals surface area contributed by atoms with Crippen LogP contribution in [0.1, 0.15) is 36.6 Å². The highest BCUT2D eigenvalue weighted by atomic mass is 32.2. The van der Waals surface area contributed by atoms with Gasteiger partial charge >= 0.3 is 6.03 Å². The number of carbonyl (C=O) groups is 3. The summed E-state index contributed by atoms with van der Waals surface area (Å²) in [6.07, 6.45) is 3.04. The second-order valence-corrected chi connectivity index (χ2v) is 8.13. The summed E-state index contributed by atoms with van der Waals surface area (Å²) < 4.78 is 14.1. The Morgan fingerprint density at radius 1 is 1.27 bits per heavy atom. The van der Waals surface area contributed by atoms with Gasteiger partial charge in [0, 0.05) is 17.9 Å². The normalized spacial score (nSPS) is 24.6. The third kappa shape index (κ3) is 2.76. The van der Waals surface area contributed by atoms with Gasteiger partial charge in [-0.2, -0.15) is 0 Å². The molecule has 2 saturated heterocycles. The molecule has 2 heterocycles. The van der Waals surface area contributed by atoms with Crippen molar-refractivity contribution in [1.82, 2.24) is 15.1 Å². The molecular formula is C18H20FN3O3S. The SMILES string of the molecule is O=C1NC2(CCCC2)C(=O)N1CC(=O)N1CCS[C@@H]1c1ccccc1F. The molecule has 3 aliphatic rings. The molecule has 3 fully saturated rings. The molecule has 26 heavy (non-hydrogen) atoms. The number of amides is 4. The monoisotopic (exact) mass is 377 g/mol. The Balaban J connectivity index is 1.50. The molecule has 0 radical (unpaired) electrons. The number of urea groups is 1. The summed E-state index contributed by atoms with van der Waals surface area (Å²) in [6, 6.07) is 5.89. The van der Waals surface area contributed by atoms with Crippen LogP contribution >= 0.6 is 11.8 Å². The fourth-order valence-electron chi connectivity index (χ4n) is 4.02. The van der Waals surface area contributed by atoms with Gasteiger partial charge in [-0.05, 0) is 18.9 Å². The molecular weight excluding hydrogens is 357 g/mol. The zero-order chi connectivity index (χ0) is 18.3. The maximum Gasteiger partial charge on any atom is 0.325 e. The van der Waals surface area contributed by atoms with Crippen molar-refractivity contribution >= 4 is 29.6 Å². The molecule has 0 aromatic heterocycles. The number of halogens is 1. The Hall–Kier alpha value is -2.09. The van der Waals surface area contributed by atoms with E-state index in [-0.39, 0.29) is 24.2 Å². The number of hydrogen-bond donors (Lipinski definition) is 1. The fraction of sp³-hybridized carbons (Fsp3) is 0.500. The van der Waals surface area contributed by atoms with Gasteiger partial charge in [-0.25, -0.2) is 9.18 Å². The van der Waals surface area contributed by atoms with E-state index in [4.69, 9.17) is 0 Å². The van der Waals surface area contributed by atoms with E-state index in [9.17, 15) is 18.8 Å². The first-order valence-corrected chi connectivity index (χ1v) is 9.86. The molecule has 1 atom stereocenters. The molecule has 1 aliphatic carbocycles. The standard InChI is InChI=1S/C18H20FN3O3S/c19-13-6-2-1-5-12(13)15-21(9-10-26-15)14(23)11-22-16(24)18(20-17(22)25)7-3-4-8-18/h1-2,5-6,15H,3-4,7-11H2,(H,20,25)/t15-/m1/s1. The molecule has 1 N–H and O–H groups in total. The predicted molar refractivity (Wildman–Crippen MR) is 94.8 cm³/mol. The molecule has 1 spiro atoms. The summed E-state index contributed by atoms with van der Waals surface area (Å²) in [6.45, 7) is 0.176. The van der Waals surface area contributed by atoms with E-state index in [2.05, 4.69) is 5.32 Å². The topological polar surface area (TPSA) is 69.7 Å². The number of imide groups is 1. The van der Waals surface area contributed by atoms with Crippen molar-refractivity contribution in [2.24, 2.45) is 0 Å². The zero-order valence-electron chi connectivity index (χ0n) is 14.2. The minimum absolute atomic E-state index is 0.294. The second-order valence-electron chi connectivity index (χ2n) is 6.94. The first-order chi connectivity index (χ1) is 12.5. The van der Waals surface area contributed by atoms with Crippen molar-refractivity contribution in [3.05, 3.63) is 35.6 Å². The number of nitrogens with zero attached hydrogens (tertiary/aromatic N) is 2. The average molecular weight is 377 g/mol. The Bertz CT molecular complexity index is 766. The van der Waals surface area contributed by atoms with Gasteiger partial charge in [0.1, 0.15) is 23.3 Å². The van der Waals surface area contributed by atoms with Gasteiger partial charge in [-0.3, -0.25) is 14.5 Å². The molecule has 4 amide bonds. The van der Waals surface area contributed by atoms with Gasteiger partial charge in [-0.15, -0.1) is 11.8 Å². The maximum absolute atomic E-state index is 14.1. The molecule has 2 aliphatic heterocycles. The van der Waals surface area contributed by atoms with Crippen LogP contribution in [0.3, 0.4) is 0 Å². The van der Waals surface area contributed by atoms with Gasteiger partial charge < -0.3 is 10.2 Å². The lowest BCUT2D eigenvalue weighted by Gasteiger charge is -2.26. The quantitative estimate of drug-likeness (QED) is 0.821. The lowest BCUT2D eigenvalue weighted by atomic mass is 9.98. The molecule has 8 heteroatoms. The van der Waals surface area contributed by atoms with E-state index >= 15 is 0 Å². The van der Waals surface area contributed by atoms with Crippen LogP contribution < -0.4 is 5.32 Å². The molecule has 138 valence electrons. The van der Waals surface area contributed by atoms with Crippen molar-refractivity contribution < 1.29 is 18.8 Å². The highest BCUT2D eigenvalue weighted by Gasteiger charge is 2.53. The van der Waals surface area contributed by atoms with Gasteiger partial charge in [0.05, 0.1) is 0 Å². The third-order valence-electron chi connectivity index (χ3n) is 5.38. The van der Waals surface area contributed by atoms with Crippen LogP contribution in [0.2, 0.25) is 0 Å². The number of thioether (sulfide) groups is 1. The van der Waals surface area contributed by atoms with Crippen molar-refractivity contribution in [3.63, 3.8) is 0 Å². The van der Waals surface area contributed by atoms with Crippen molar-refractivity contribution in [3.8, 4) is 0 Å². The van der Waals surface area contributed by atoms with E-state index in [1.807, 2.05) is 0 Å². The van der Waals surface area contributed by atoms with Crippen LogP contribution in [-0.2, 0) is 9.59 Å². The van der Waals surface area contributed by atoms with Crippen molar-refractivity contribution in [1.29, 1.82) is 0 Å². The molecule has 1 aromatic rings. The van der Waals surface area contributed by atoms with Crippen molar-refractivity contribution in [2.45, 2.75) is 36.6 Å². The van der Waals surface area contributed by atoms with E-state index in [1.165, 1.54) is 17.8 Å². The van der Waals surface area contributed by atoms with Gasteiger partial charge in [-0.1, -0.05) is 31.0 Å². The zero-order valence-corrected chi connectivity index (χ0v) is 15.1. The van der Waals surface area contributed by atoms with E-state index in [0.29, 0.717) is 30.7 Å². The van der Waals surface area contributed by atoms with Crippen LogP contribution in [0, 0.1) is 5.82 Å². The van der Waals surface area contributed by atoms with Crippen LogP contribution in [-0.4, -0.2) is 52.0 Å². The summed E-state index contributed by atoms with van der Waals surface area (Å²) in [4.78, 5) is 40.4. The van der Waals surface area contributed by atoms with Crippen LogP contribution in [0.25, 0.3) is 0 Å². The first kappa shape index (κ1) is 17.3. The highest BCUT2D eigenvalue weighted by molar-refractivity contribution is 7.99. The van der Waals surface area contributed by atoms with Crippen LogP contribution in [0.4, 0.5) is 9.18 Å². The Morgan fingerprint density at radius 3 is 2.73 bits per heavy atom. The lowest BCUT2D eigenvalue weighted by Crippen LogP contribution is -2.46. The van der Waals surface area contributed by atoms with Gasteiger partial charge in [0.25, 0.3) is 5.91 Å². The Labute approximate surface area is 155 Å². The minimum atomic E-state index is -0.817.